The summed E-state index contributed by atoms with van der Waals surface area (Å²) in [5.41, 5.74) is 2.34. The number of nitrogens with zero attached hydrogens (tertiary/aromatic N) is 4. The Morgan fingerprint density at radius 3 is 2.81 bits per heavy atom. The molecule has 8 nitrogen and oxygen atoms in total. The molecule has 3 aromatic heterocycles. The van der Waals surface area contributed by atoms with Gasteiger partial charge in [0, 0.05) is 12.1 Å². The van der Waals surface area contributed by atoms with Crippen molar-refractivity contribution in [3.8, 4) is 5.75 Å². The van der Waals surface area contributed by atoms with Crippen molar-refractivity contribution in [1.29, 1.82) is 0 Å². The highest BCUT2D eigenvalue weighted by Gasteiger charge is 2.18. The molecule has 0 unspecified atom stereocenters. The van der Waals surface area contributed by atoms with Crippen LogP contribution in [-0.4, -0.2) is 31.7 Å². The first-order valence-electron chi connectivity index (χ1n) is 9.66. The standard InChI is InChI=1S/C21H21ClN4O4S/c1-11(2)13-8-14(22)12(3)7-16(13)29-10-18(27)30-9-17-23-24-21-25(4)20(28)19-15(26(17)21)5-6-31-19/h5-8,11H,9-10H2,1-4H3. The van der Waals surface area contributed by atoms with Gasteiger partial charge < -0.3 is 9.47 Å². The van der Waals surface area contributed by atoms with Crippen LogP contribution in [0.3, 0.4) is 0 Å². The third kappa shape index (κ3) is 3.90. The number of aromatic nitrogens is 4. The minimum Gasteiger partial charge on any atom is -0.482 e. The van der Waals surface area contributed by atoms with E-state index in [-0.39, 0.29) is 24.7 Å². The van der Waals surface area contributed by atoms with Crippen LogP contribution < -0.4 is 10.3 Å². The Bertz CT molecular complexity index is 1360. The lowest BCUT2D eigenvalue weighted by molar-refractivity contribution is -0.147. The molecular weight excluding hydrogens is 440 g/mol. The maximum absolute atomic E-state index is 12.4. The summed E-state index contributed by atoms with van der Waals surface area (Å²) in [6.07, 6.45) is 0. The maximum Gasteiger partial charge on any atom is 0.344 e. The lowest BCUT2D eigenvalue weighted by Gasteiger charge is -2.15. The molecule has 3 heterocycles. The highest BCUT2D eigenvalue weighted by molar-refractivity contribution is 7.17. The van der Waals surface area contributed by atoms with E-state index in [1.807, 2.05) is 44.4 Å². The lowest BCUT2D eigenvalue weighted by Crippen LogP contribution is -2.20. The van der Waals surface area contributed by atoms with Gasteiger partial charge in [-0.3, -0.25) is 13.8 Å². The highest BCUT2D eigenvalue weighted by atomic mass is 35.5. The van der Waals surface area contributed by atoms with Crippen LogP contribution in [0.5, 0.6) is 5.75 Å². The number of fused-ring (bicyclic) bond motifs is 3. The normalized spacial score (nSPS) is 11.5. The van der Waals surface area contributed by atoms with Gasteiger partial charge in [-0.1, -0.05) is 25.4 Å². The van der Waals surface area contributed by atoms with Gasteiger partial charge in [-0.15, -0.1) is 21.5 Å². The van der Waals surface area contributed by atoms with E-state index in [0.717, 1.165) is 11.1 Å². The summed E-state index contributed by atoms with van der Waals surface area (Å²) in [6, 6.07) is 5.51. The second kappa shape index (κ2) is 8.32. The van der Waals surface area contributed by atoms with Crippen molar-refractivity contribution in [2.45, 2.75) is 33.3 Å². The van der Waals surface area contributed by atoms with Crippen molar-refractivity contribution in [2.24, 2.45) is 7.05 Å². The average Bonchev–Trinajstić information content (AvgIpc) is 3.37. The zero-order chi connectivity index (χ0) is 22.3. The molecule has 0 aliphatic rings. The SMILES string of the molecule is Cc1cc(OCC(=O)OCc2nnc3n(C)c(=O)c4sccc4n23)c(C(C)C)cc1Cl. The molecule has 0 amide bonds. The minimum absolute atomic E-state index is 0.0941. The number of thiophene rings is 1. The van der Waals surface area contributed by atoms with Crippen molar-refractivity contribution in [1.82, 2.24) is 19.2 Å². The molecule has 0 aliphatic heterocycles. The predicted molar refractivity (Wildman–Crippen MR) is 119 cm³/mol. The molecule has 0 saturated carbocycles. The van der Waals surface area contributed by atoms with E-state index >= 15 is 0 Å². The molecule has 0 bridgehead atoms. The minimum atomic E-state index is -0.537. The number of carbonyl (C=O) groups is 1. The molecule has 4 rings (SSSR count). The fraction of sp³-hybridized carbons (Fsp3) is 0.333. The summed E-state index contributed by atoms with van der Waals surface area (Å²) in [5.74, 6) is 1.07. The van der Waals surface area contributed by atoms with Crippen LogP contribution in [0, 0.1) is 6.92 Å². The molecule has 0 N–H and O–H groups in total. The largest absolute Gasteiger partial charge is 0.482 e. The Kier molecular flexibility index (Phi) is 5.72. The molecular formula is C21H21ClN4O4S. The fourth-order valence-corrected chi connectivity index (χ4v) is 4.34. The molecule has 31 heavy (non-hydrogen) atoms. The van der Waals surface area contributed by atoms with Crippen LogP contribution in [0.4, 0.5) is 0 Å². The molecule has 1 aromatic carbocycles. The Hall–Kier alpha value is -2.91. The van der Waals surface area contributed by atoms with Crippen LogP contribution >= 0.6 is 22.9 Å². The van der Waals surface area contributed by atoms with Gasteiger partial charge in [0.1, 0.15) is 10.4 Å². The van der Waals surface area contributed by atoms with Gasteiger partial charge in [0.05, 0.1) is 5.52 Å². The topological polar surface area (TPSA) is 87.7 Å². The van der Waals surface area contributed by atoms with E-state index in [4.69, 9.17) is 21.1 Å². The first-order valence-corrected chi connectivity index (χ1v) is 10.9. The monoisotopic (exact) mass is 460 g/mol. The number of hydrogen-bond donors (Lipinski definition) is 0. The first-order chi connectivity index (χ1) is 14.8. The van der Waals surface area contributed by atoms with Crippen molar-refractivity contribution in [3.05, 3.63) is 55.9 Å². The van der Waals surface area contributed by atoms with E-state index in [2.05, 4.69) is 10.2 Å². The molecule has 0 fully saturated rings. The quantitative estimate of drug-likeness (QED) is 0.406. The van der Waals surface area contributed by atoms with Gasteiger partial charge in [0.15, 0.2) is 19.0 Å². The van der Waals surface area contributed by atoms with Gasteiger partial charge in [0.2, 0.25) is 5.78 Å². The third-order valence-electron chi connectivity index (χ3n) is 5.02. The Morgan fingerprint density at radius 1 is 1.29 bits per heavy atom. The second-order valence-electron chi connectivity index (χ2n) is 7.49. The van der Waals surface area contributed by atoms with E-state index in [9.17, 15) is 9.59 Å². The van der Waals surface area contributed by atoms with Crippen LogP contribution in [0.25, 0.3) is 16.0 Å². The maximum atomic E-state index is 12.4. The number of ether oxygens (including phenoxy) is 2. The summed E-state index contributed by atoms with van der Waals surface area (Å²) < 4.78 is 14.8. The van der Waals surface area contributed by atoms with Gasteiger partial charge in [-0.2, -0.15) is 0 Å². The summed E-state index contributed by atoms with van der Waals surface area (Å²) in [6.45, 7) is 5.60. The van der Waals surface area contributed by atoms with Crippen LogP contribution in [0.15, 0.2) is 28.4 Å². The molecule has 162 valence electrons. The van der Waals surface area contributed by atoms with Crippen LogP contribution in [-0.2, 0) is 23.2 Å². The summed E-state index contributed by atoms with van der Waals surface area (Å²) in [7, 11) is 1.63. The molecule has 0 saturated heterocycles. The predicted octanol–water partition coefficient (Wildman–Crippen LogP) is 3.85. The molecule has 10 heteroatoms. The average molecular weight is 461 g/mol. The number of aryl methyl sites for hydroxylation is 2. The van der Waals surface area contributed by atoms with Crippen molar-refractivity contribution in [2.75, 3.05) is 6.61 Å². The van der Waals surface area contributed by atoms with Crippen molar-refractivity contribution >= 4 is 44.9 Å². The third-order valence-corrected chi connectivity index (χ3v) is 6.32. The lowest BCUT2D eigenvalue weighted by atomic mass is 10.0. The number of hydrogen-bond acceptors (Lipinski definition) is 7. The zero-order valence-electron chi connectivity index (χ0n) is 17.5. The van der Waals surface area contributed by atoms with Crippen molar-refractivity contribution in [3.63, 3.8) is 0 Å². The van der Waals surface area contributed by atoms with Crippen molar-refractivity contribution < 1.29 is 14.3 Å². The highest BCUT2D eigenvalue weighted by Crippen LogP contribution is 2.32. The number of esters is 1. The van der Waals surface area contributed by atoms with Gasteiger partial charge in [-0.05, 0) is 47.5 Å². The summed E-state index contributed by atoms with van der Waals surface area (Å²) in [4.78, 5) is 24.7. The number of carbonyl (C=O) groups excluding carboxylic acids is 1. The Labute approximate surface area is 187 Å². The molecule has 0 atom stereocenters. The molecule has 4 aromatic rings. The van der Waals surface area contributed by atoms with Gasteiger partial charge >= 0.3 is 5.97 Å². The second-order valence-corrected chi connectivity index (χ2v) is 8.82. The van der Waals surface area contributed by atoms with Gasteiger partial charge in [0.25, 0.3) is 5.56 Å². The number of benzene rings is 1. The van der Waals surface area contributed by atoms with Crippen LogP contribution in [0.1, 0.15) is 36.7 Å². The van der Waals surface area contributed by atoms with E-state index in [0.29, 0.717) is 32.6 Å². The van der Waals surface area contributed by atoms with Crippen LogP contribution in [0.2, 0.25) is 5.02 Å². The Morgan fingerprint density at radius 2 is 2.06 bits per heavy atom. The number of halogens is 1. The summed E-state index contributed by atoms with van der Waals surface area (Å²) >= 11 is 7.56. The summed E-state index contributed by atoms with van der Waals surface area (Å²) in [5, 5.41) is 10.7. The Balaban J connectivity index is 1.50. The van der Waals surface area contributed by atoms with E-state index < -0.39 is 5.97 Å². The number of rotatable bonds is 6. The van der Waals surface area contributed by atoms with E-state index in [1.54, 1.807) is 11.4 Å². The molecule has 0 aliphatic carbocycles. The zero-order valence-corrected chi connectivity index (χ0v) is 19.1. The van der Waals surface area contributed by atoms with Gasteiger partial charge in [-0.25, -0.2) is 4.79 Å². The van der Waals surface area contributed by atoms with E-state index in [1.165, 1.54) is 15.9 Å². The fourth-order valence-electron chi connectivity index (χ4n) is 3.32. The molecule has 0 radical (unpaired) electrons. The molecule has 0 spiro atoms. The smallest absolute Gasteiger partial charge is 0.344 e. The first kappa shape index (κ1) is 21.3.